The molecule has 0 radical (unpaired) electrons. The van der Waals surface area contributed by atoms with E-state index in [-0.39, 0.29) is 0 Å². The Labute approximate surface area is 132 Å². The van der Waals surface area contributed by atoms with Crippen LogP contribution in [0.5, 0.6) is 5.75 Å². The zero-order valence-electron chi connectivity index (χ0n) is 12.6. The highest BCUT2D eigenvalue weighted by molar-refractivity contribution is 7.80. The molecule has 0 unspecified atom stereocenters. The van der Waals surface area contributed by atoms with E-state index in [0.717, 1.165) is 11.3 Å². The summed E-state index contributed by atoms with van der Waals surface area (Å²) in [5.41, 5.74) is 3.88. The first-order chi connectivity index (χ1) is 10.2. The Balaban J connectivity index is 1.78. The number of benzene rings is 1. The van der Waals surface area contributed by atoms with Crippen LogP contribution in [0.3, 0.4) is 0 Å². The van der Waals surface area contributed by atoms with E-state index in [2.05, 4.69) is 22.8 Å². The van der Waals surface area contributed by atoms with Crippen LogP contribution < -0.4 is 15.5 Å². The molecule has 1 aromatic rings. The van der Waals surface area contributed by atoms with Gasteiger partial charge in [-0.1, -0.05) is 19.8 Å². The number of methoxy groups -OCH3 is 1. The van der Waals surface area contributed by atoms with Crippen LogP contribution >= 0.6 is 12.2 Å². The third-order valence-corrected chi connectivity index (χ3v) is 4.13. The molecule has 0 aromatic heterocycles. The number of nitrogens with one attached hydrogen (secondary N) is 2. The summed E-state index contributed by atoms with van der Waals surface area (Å²) in [6, 6.07) is 8.17. The monoisotopic (exact) mass is 305 g/mol. The lowest BCUT2D eigenvalue weighted by Crippen LogP contribution is -2.44. The van der Waals surface area contributed by atoms with Crippen LogP contribution in [0.4, 0.5) is 0 Å². The van der Waals surface area contributed by atoms with E-state index in [1.807, 2.05) is 24.3 Å². The summed E-state index contributed by atoms with van der Waals surface area (Å²) < 4.78 is 5.12. The highest BCUT2D eigenvalue weighted by atomic mass is 32.1. The minimum Gasteiger partial charge on any atom is -0.497 e. The van der Waals surface area contributed by atoms with Gasteiger partial charge in [0.15, 0.2) is 5.11 Å². The van der Waals surface area contributed by atoms with Gasteiger partial charge in [-0.15, -0.1) is 0 Å². The smallest absolute Gasteiger partial charge is 0.187 e. The highest BCUT2D eigenvalue weighted by Crippen LogP contribution is 2.23. The maximum absolute atomic E-state index is 5.29. The van der Waals surface area contributed by atoms with E-state index < -0.39 is 0 Å². The zero-order chi connectivity index (χ0) is 15.1. The molecule has 2 N–H and O–H groups in total. The third-order valence-electron chi connectivity index (χ3n) is 3.92. The Morgan fingerprint density at radius 2 is 2.00 bits per heavy atom. The topological polar surface area (TPSA) is 45.6 Å². The molecule has 2 atom stereocenters. The molecule has 0 bridgehead atoms. The Hall–Kier alpha value is -1.62. The molecule has 4 nitrogen and oxygen atoms in total. The van der Waals surface area contributed by atoms with Crippen molar-refractivity contribution in [2.75, 3.05) is 7.11 Å². The summed E-state index contributed by atoms with van der Waals surface area (Å²) in [6.45, 7) is 2.28. The summed E-state index contributed by atoms with van der Waals surface area (Å²) in [7, 11) is 1.65. The molecule has 0 heterocycles. The van der Waals surface area contributed by atoms with E-state index in [9.17, 15) is 0 Å². The van der Waals surface area contributed by atoms with Gasteiger partial charge in [-0.2, -0.15) is 5.10 Å². The van der Waals surface area contributed by atoms with Crippen LogP contribution in [0.25, 0.3) is 0 Å². The largest absolute Gasteiger partial charge is 0.497 e. The Bertz CT molecular complexity index is 487. The van der Waals surface area contributed by atoms with E-state index in [4.69, 9.17) is 17.0 Å². The minimum absolute atomic E-state index is 0.468. The Kier molecular flexibility index (Phi) is 5.99. The van der Waals surface area contributed by atoms with Gasteiger partial charge in [0.25, 0.3) is 0 Å². The highest BCUT2D eigenvalue weighted by Gasteiger charge is 2.21. The summed E-state index contributed by atoms with van der Waals surface area (Å²) in [5.74, 6) is 1.51. The van der Waals surface area contributed by atoms with E-state index >= 15 is 0 Å². The van der Waals surface area contributed by atoms with Crippen molar-refractivity contribution in [1.82, 2.24) is 10.7 Å². The summed E-state index contributed by atoms with van der Waals surface area (Å²) >= 11 is 5.29. The fraction of sp³-hybridized carbons (Fsp3) is 0.500. The van der Waals surface area contributed by atoms with Gasteiger partial charge in [0.05, 0.1) is 13.3 Å². The third kappa shape index (κ3) is 5.01. The lowest BCUT2D eigenvalue weighted by atomic mass is 9.86. The molecule has 0 spiro atoms. The van der Waals surface area contributed by atoms with Gasteiger partial charge < -0.3 is 10.1 Å². The first-order valence-corrected chi connectivity index (χ1v) is 7.83. The molecule has 5 heteroatoms. The molecule has 0 saturated heterocycles. The van der Waals surface area contributed by atoms with Crippen LogP contribution in [0.2, 0.25) is 0 Å². The summed E-state index contributed by atoms with van der Waals surface area (Å²) in [5, 5.41) is 8.12. The number of nitrogens with zero attached hydrogens (tertiary/aromatic N) is 1. The van der Waals surface area contributed by atoms with Crippen molar-refractivity contribution >= 4 is 23.5 Å². The molecule has 0 aliphatic heterocycles. The molecule has 1 saturated carbocycles. The van der Waals surface area contributed by atoms with Crippen LogP contribution in [0.1, 0.15) is 38.2 Å². The van der Waals surface area contributed by atoms with E-state index in [1.54, 1.807) is 13.3 Å². The second kappa shape index (κ2) is 7.98. The first-order valence-electron chi connectivity index (χ1n) is 7.42. The van der Waals surface area contributed by atoms with Crippen LogP contribution in [-0.2, 0) is 0 Å². The average molecular weight is 305 g/mol. The van der Waals surface area contributed by atoms with Crippen molar-refractivity contribution in [3.05, 3.63) is 29.8 Å². The van der Waals surface area contributed by atoms with Crippen molar-refractivity contribution in [2.24, 2.45) is 11.0 Å². The first kappa shape index (κ1) is 15.8. The van der Waals surface area contributed by atoms with Gasteiger partial charge in [-0.05, 0) is 60.8 Å². The van der Waals surface area contributed by atoms with Gasteiger partial charge in [-0.25, -0.2) is 0 Å². The standard InChI is InChI=1S/C16H23N3OS/c1-12-5-3-4-6-15(12)18-16(21)19-17-11-13-7-9-14(20-2)10-8-13/h7-12,15H,3-6H2,1-2H3,(H2,18,19,21)/b17-11-/t12-,15-/m0/s1. The van der Waals surface area contributed by atoms with Gasteiger partial charge >= 0.3 is 0 Å². The maximum atomic E-state index is 5.29. The number of ether oxygens (including phenoxy) is 1. The zero-order valence-corrected chi connectivity index (χ0v) is 13.5. The lowest BCUT2D eigenvalue weighted by Gasteiger charge is -2.30. The Morgan fingerprint density at radius 3 is 2.67 bits per heavy atom. The van der Waals surface area contributed by atoms with Crippen molar-refractivity contribution in [3.8, 4) is 5.75 Å². The summed E-state index contributed by atoms with van der Waals surface area (Å²) in [6.07, 6.45) is 6.81. The molecule has 1 aromatic carbocycles. The predicted molar refractivity (Wildman–Crippen MR) is 90.9 cm³/mol. The summed E-state index contributed by atoms with van der Waals surface area (Å²) in [4.78, 5) is 0. The molecule has 114 valence electrons. The second-order valence-electron chi connectivity index (χ2n) is 5.48. The quantitative estimate of drug-likeness (QED) is 0.510. The molecule has 1 aliphatic rings. The molecule has 2 rings (SSSR count). The minimum atomic E-state index is 0.468. The molecule has 0 amide bonds. The normalized spacial score (nSPS) is 22.0. The van der Waals surface area contributed by atoms with Gasteiger partial charge in [0.1, 0.15) is 5.75 Å². The maximum Gasteiger partial charge on any atom is 0.187 e. The average Bonchev–Trinajstić information content (AvgIpc) is 2.50. The van der Waals surface area contributed by atoms with Gasteiger partial charge in [0.2, 0.25) is 0 Å². The number of hydrogen-bond donors (Lipinski definition) is 2. The molecular formula is C16H23N3OS. The predicted octanol–water partition coefficient (Wildman–Crippen LogP) is 3.07. The number of hydrazone groups is 1. The molecule has 1 aliphatic carbocycles. The number of hydrogen-bond acceptors (Lipinski definition) is 3. The lowest BCUT2D eigenvalue weighted by molar-refractivity contribution is 0.308. The Morgan fingerprint density at radius 1 is 1.29 bits per heavy atom. The van der Waals surface area contributed by atoms with Crippen molar-refractivity contribution < 1.29 is 4.74 Å². The molecule has 1 fully saturated rings. The van der Waals surface area contributed by atoms with Gasteiger partial charge in [0, 0.05) is 6.04 Å². The van der Waals surface area contributed by atoms with Crippen LogP contribution in [0, 0.1) is 5.92 Å². The van der Waals surface area contributed by atoms with Crippen LogP contribution in [0.15, 0.2) is 29.4 Å². The van der Waals surface area contributed by atoms with Crippen LogP contribution in [-0.4, -0.2) is 24.5 Å². The second-order valence-corrected chi connectivity index (χ2v) is 5.89. The fourth-order valence-electron chi connectivity index (χ4n) is 2.59. The molecule has 21 heavy (non-hydrogen) atoms. The van der Waals surface area contributed by atoms with Gasteiger partial charge in [-0.3, -0.25) is 5.43 Å². The van der Waals surface area contributed by atoms with Crippen molar-refractivity contribution in [3.63, 3.8) is 0 Å². The number of rotatable bonds is 4. The van der Waals surface area contributed by atoms with Crippen molar-refractivity contribution in [2.45, 2.75) is 38.6 Å². The van der Waals surface area contributed by atoms with Crippen molar-refractivity contribution in [1.29, 1.82) is 0 Å². The fourth-order valence-corrected chi connectivity index (χ4v) is 2.79. The van der Waals surface area contributed by atoms with E-state index in [0.29, 0.717) is 17.1 Å². The SMILES string of the molecule is COc1ccc(/C=N\NC(=S)N[C@H]2CCCC[C@@H]2C)cc1. The number of thiocarbonyl (C=S) groups is 1. The van der Waals surface area contributed by atoms with E-state index in [1.165, 1.54) is 25.7 Å². The molecular weight excluding hydrogens is 282 g/mol.